The first-order chi connectivity index (χ1) is 7.31. The van der Waals surface area contributed by atoms with E-state index in [0.717, 1.165) is 19.3 Å². The lowest BCUT2D eigenvalue weighted by molar-refractivity contribution is 0.0217. The minimum atomic E-state index is -0.174. The van der Waals surface area contributed by atoms with Gasteiger partial charge in [-0.05, 0) is 19.3 Å². The van der Waals surface area contributed by atoms with E-state index in [1.165, 1.54) is 0 Å². The minimum Gasteiger partial charge on any atom is -0.393 e. The number of methoxy groups -OCH3 is 1. The second-order valence-electron chi connectivity index (χ2n) is 3.42. The van der Waals surface area contributed by atoms with Crippen molar-refractivity contribution in [2.45, 2.75) is 32.3 Å². The monoisotopic (exact) mass is 220 g/mol. The summed E-state index contributed by atoms with van der Waals surface area (Å²) in [6.07, 6.45) is 2.38. The second-order valence-corrected chi connectivity index (χ2v) is 3.42. The van der Waals surface area contributed by atoms with E-state index in [9.17, 15) is 5.11 Å². The first-order valence-corrected chi connectivity index (χ1v) is 5.63. The van der Waals surface area contributed by atoms with Gasteiger partial charge in [0.05, 0.1) is 32.5 Å². The lowest BCUT2D eigenvalue weighted by atomic mass is 10.2. The van der Waals surface area contributed by atoms with Gasteiger partial charge in [0.2, 0.25) is 0 Å². The van der Waals surface area contributed by atoms with E-state index < -0.39 is 0 Å². The molecule has 0 aromatic carbocycles. The third-order valence-corrected chi connectivity index (χ3v) is 2.10. The van der Waals surface area contributed by atoms with E-state index >= 15 is 0 Å². The molecule has 4 heteroatoms. The van der Waals surface area contributed by atoms with Crippen molar-refractivity contribution in [3.8, 4) is 0 Å². The van der Waals surface area contributed by atoms with Gasteiger partial charge in [0.15, 0.2) is 0 Å². The quantitative estimate of drug-likeness (QED) is 0.532. The predicted molar refractivity (Wildman–Crippen MR) is 59.0 cm³/mol. The average Bonchev–Trinajstić information content (AvgIpc) is 2.26. The Morgan fingerprint density at radius 2 is 1.60 bits per heavy atom. The fourth-order valence-corrected chi connectivity index (χ4v) is 1.09. The van der Waals surface area contributed by atoms with Crippen molar-refractivity contribution >= 4 is 0 Å². The highest BCUT2D eigenvalue weighted by atomic mass is 16.5. The molecule has 1 unspecified atom stereocenters. The van der Waals surface area contributed by atoms with Crippen LogP contribution < -0.4 is 0 Å². The second kappa shape index (κ2) is 11.9. The molecule has 0 heterocycles. The fraction of sp³-hybridized carbons (Fsp3) is 1.00. The van der Waals surface area contributed by atoms with Crippen molar-refractivity contribution in [3.63, 3.8) is 0 Å². The van der Waals surface area contributed by atoms with E-state index in [-0.39, 0.29) is 6.10 Å². The van der Waals surface area contributed by atoms with Crippen LogP contribution in [0.5, 0.6) is 0 Å². The Balaban J connectivity index is 2.92. The van der Waals surface area contributed by atoms with Crippen molar-refractivity contribution < 1.29 is 19.3 Å². The van der Waals surface area contributed by atoms with Gasteiger partial charge in [0, 0.05) is 13.7 Å². The van der Waals surface area contributed by atoms with E-state index in [1.807, 2.05) is 6.92 Å². The number of hydrogen-bond acceptors (Lipinski definition) is 4. The molecule has 1 atom stereocenters. The third-order valence-electron chi connectivity index (χ3n) is 2.10. The number of ether oxygens (including phenoxy) is 3. The van der Waals surface area contributed by atoms with Gasteiger partial charge >= 0.3 is 0 Å². The van der Waals surface area contributed by atoms with E-state index in [1.54, 1.807) is 7.11 Å². The third kappa shape index (κ3) is 11.8. The zero-order chi connectivity index (χ0) is 11.4. The van der Waals surface area contributed by atoms with Crippen LogP contribution in [-0.2, 0) is 14.2 Å². The zero-order valence-electron chi connectivity index (χ0n) is 9.91. The van der Waals surface area contributed by atoms with Gasteiger partial charge in [-0.25, -0.2) is 0 Å². The molecule has 0 aromatic heterocycles. The summed E-state index contributed by atoms with van der Waals surface area (Å²) in [5.41, 5.74) is 0. The summed E-state index contributed by atoms with van der Waals surface area (Å²) in [6, 6.07) is 0. The summed E-state index contributed by atoms with van der Waals surface area (Å²) < 4.78 is 15.4. The molecule has 0 rings (SSSR count). The van der Waals surface area contributed by atoms with Crippen LogP contribution in [0.25, 0.3) is 0 Å². The summed E-state index contributed by atoms with van der Waals surface area (Å²) in [5, 5.41) is 9.26. The van der Waals surface area contributed by atoms with Crippen LogP contribution in [0.2, 0.25) is 0 Å². The number of aliphatic hydroxyl groups excluding tert-OH is 1. The van der Waals surface area contributed by atoms with Crippen molar-refractivity contribution in [2.75, 3.05) is 40.1 Å². The molecule has 0 aliphatic carbocycles. The molecule has 0 aliphatic heterocycles. The maximum absolute atomic E-state index is 9.26. The lowest BCUT2D eigenvalue weighted by Gasteiger charge is -2.08. The molecular weight excluding hydrogens is 196 g/mol. The summed E-state index contributed by atoms with van der Waals surface area (Å²) in [4.78, 5) is 0. The summed E-state index contributed by atoms with van der Waals surface area (Å²) in [6.45, 7) is 5.16. The molecule has 0 aliphatic rings. The van der Waals surface area contributed by atoms with Gasteiger partial charge in [0.1, 0.15) is 0 Å². The Labute approximate surface area is 92.5 Å². The van der Waals surface area contributed by atoms with Crippen LogP contribution in [0.4, 0.5) is 0 Å². The molecule has 0 fully saturated rings. The Morgan fingerprint density at radius 3 is 2.20 bits per heavy atom. The van der Waals surface area contributed by atoms with Crippen LogP contribution in [0, 0.1) is 0 Å². The highest BCUT2D eigenvalue weighted by Gasteiger charge is 1.99. The predicted octanol–water partition coefficient (Wildman–Crippen LogP) is 1.22. The molecule has 0 aromatic rings. The number of rotatable bonds is 11. The largest absolute Gasteiger partial charge is 0.393 e. The maximum atomic E-state index is 9.26. The molecule has 0 spiro atoms. The SMILES string of the molecule is CCC(O)CCCOCCOCCOC. The minimum absolute atomic E-state index is 0.174. The van der Waals surface area contributed by atoms with Crippen LogP contribution in [0.1, 0.15) is 26.2 Å². The summed E-state index contributed by atoms with van der Waals surface area (Å²) in [7, 11) is 1.65. The van der Waals surface area contributed by atoms with E-state index in [0.29, 0.717) is 33.0 Å². The molecular formula is C11H24O4. The van der Waals surface area contributed by atoms with Crippen LogP contribution in [0.15, 0.2) is 0 Å². The molecule has 92 valence electrons. The molecule has 0 bridgehead atoms. The van der Waals surface area contributed by atoms with Gasteiger partial charge in [-0.3, -0.25) is 0 Å². The Hall–Kier alpha value is -0.160. The molecule has 0 saturated heterocycles. The highest BCUT2D eigenvalue weighted by molar-refractivity contribution is 4.51. The van der Waals surface area contributed by atoms with Gasteiger partial charge in [-0.1, -0.05) is 6.92 Å². The van der Waals surface area contributed by atoms with Crippen molar-refractivity contribution in [1.82, 2.24) is 0 Å². The van der Waals surface area contributed by atoms with E-state index in [4.69, 9.17) is 14.2 Å². The maximum Gasteiger partial charge on any atom is 0.0701 e. The zero-order valence-corrected chi connectivity index (χ0v) is 9.91. The Kier molecular flexibility index (Phi) is 11.8. The van der Waals surface area contributed by atoms with Crippen LogP contribution in [-0.4, -0.2) is 51.4 Å². The molecule has 0 amide bonds. The standard InChI is InChI=1S/C11H24O4/c1-3-11(12)5-4-6-14-9-10-15-8-7-13-2/h11-12H,3-10H2,1-2H3. The fourth-order valence-electron chi connectivity index (χ4n) is 1.09. The van der Waals surface area contributed by atoms with Gasteiger partial charge < -0.3 is 19.3 Å². The first kappa shape index (κ1) is 14.8. The van der Waals surface area contributed by atoms with Gasteiger partial charge in [0.25, 0.3) is 0 Å². The first-order valence-electron chi connectivity index (χ1n) is 5.63. The summed E-state index contributed by atoms with van der Waals surface area (Å²) in [5.74, 6) is 0. The normalized spacial score (nSPS) is 13.0. The van der Waals surface area contributed by atoms with Gasteiger partial charge in [-0.2, -0.15) is 0 Å². The average molecular weight is 220 g/mol. The topological polar surface area (TPSA) is 47.9 Å². The van der Waals surface area contributed by atoms with Crippen molar-refractivity contribution in [2.24, 2.45) is 0 Å². The lowest BCUT2D eigenvalue weighted by Crippen LogP contribution is -2.10. The molecule has 4 nitrogen and oxygen atoms in total. The summed E-state index contributed by atoms with van der Waals surface area (Å²) >= 11 is 0. The van der Waals surface area contributed by atoms with E-state index in [2.05, 4.69) is 0 Å². The Bertz CT molecular complexity index is 119. The van der Waals surface area contributed by atoms with Gasteiger partial charge in [-0.15, -0.1) is 0 Å². The molecule has 0 radical (unpaired) electrons. The Morgan fingerprint density at radius 1 is 1.00 bits per heavy atom. The van der Waals surface area contributed by atoms with Crippen LogP contribution in [0.3, 0.4) is 0 Å². The van der Waals surface area contributed by atoms with Crippen LogP contribution >= 0.6 is 0 Å². The smallest absolute Gasteiger partial charge is 0.0701 e. The highest BCUT2D eigenvalue weighted by Crippen LogP contribution is 2.00. The molecule has 15 heavy (non-hydrogen) atoms. The molecule has 0 saturated carbocycles. The van der Waals surface area contributed by atoms with Crippen molar-refractivity contribution in [3.05, 3.63) is 0 Å². The van der Waals surface area contributed by atoms with Crippen molar-refractivity contribution in [1.29, 1.82) is 0 Å². The molecule has 1 N–H and O–H groups in total. The number of aliphatic hydroxyl groups is 1. The number of hydrogen-bond donors (Lipinski definition) is 1.